The molecule has 1 aliphatic heterocycles. The van der Waals surface area contributed by atoms with Crippen LogP contribution in [0.5, 0.6) is 0 Å². The lowest BCUT2D eigenvalue weighted by atomic mass is 10.1. The summed E-state index contributed by atoms with van der Waals surface area (Å²) in [6, 6.07) is 0.257. The molecule has 0 aliphatic carbocycles. The normalized spacial score (nSPS) is 26.4. The van der Waals surface area contributed by atoms with E-state index < -0.39 is 0 Å². The average molecular weight is 203 g/mol. The summed E-state index contributed by atoms with van der Waals surface area (Å²) in [5, 5.41) is 0.638. The van der Waals surface area contributed by atoms with Crippen molar-refractivity contribution in [2.75, 3.05) is 17.3 Å². The van der Waals surface area contributed by atoms with E-state index >= 15 is 0 Å². The van der Waals surface area contributed by atoms with Crippen molar-refractivity contribution in [3.05, 3.63) is 11.6 Å². The number of nitrogens with two attached hydrogens (primary N) is 1. The maximum absolute atomic E-state index is 6.04. The van der Waals surface area contributed by atoms with Gasteiger partial charge in [-0.1, -0.05) is 11.6 Å². The molecule has 0 saturated carbocycles. The fraction of sp³-hybridized carbons (Fsp3) is 0.778. The van der Waals surface area contributed by atoms with Crippen molar-refractivity contribution in [1.82, 2.24) is 0 Å². The molecule has 0 aromatic rings. The summed E-state index contributed by atoms with van der Waals surface area (Å²) in [6.07, 6.45) is 2.18. The monoisotopic (exact) mass is 203 g/mol. The van der Waals surface area contributed by atoms with Crippen LogP contribution in [-0.4, -0.2) is 28.6 Å². The molecule has 2 atom stereocenters. The number of hydrogen-bond donors (Lipinski definition) is 1. The van der Waals surface area contributed by atoms with Crippen molar-refractivity contribution < 1.29 is 0 Å². The molecule has 0 bridgehead atoms. The molecule has 1 rings (SSSR count). The Hall–Kier alpha value is 0.400. The molecule has 1 aliphatic rings. The first-order chi connectivity index (χ1) is 5.70. The standard InChI is InChI=1S/C9H17NS2/c1-7(2)5-8(10)9-6-11-3-4-12-9/h5,8-9H,3-4,6,10H2,1-2H3. The van der Waals surface area contributed by atoms with Gasteiger partial charge in [0.2, 0.25) is 0 Å². The van der Waals surface area contributed by atoms with Crippen LogP contribution >= 0.6 is 23.5 Å². The molecule has 0 amide bonds. The summed E-state index contributed by atoms with van der Waals surface area (Å²) in [4.78, 5) is 0. The molecule has 1 nitrogen and oxygen atoms in total. The molecule has 1 saturated heterocycles. The van der Waals surface area contributed by atoms with Gasteiger partial charge in [0.25, 0.3) is 0 Å². The van der Waals surface area contributed by atoms with E-state index in [4.69, 9.17) is 5.73 Å². The van der Waals surface area contributed by atoms with Gasteiger partial charge in [0.05, 0.1) is 0 Å². The molecule has 70 valence electrons. The van der Waals surface area contributed by atoms with Crippen LogP contribution in [0.3, 0.4) is 0 Å². The molecule has 1 fully saturated rings. The number of allylic oxidation sites excluding steroid dienone is 1. The van der Waals surface area contributed by atoms with Crippen LogP contribution in [0.4, 0.5) is 0 Å². The third kappa shape index (κ3) is 3.42. The van der Waals surface area contributed by atoms with E-state index in [1.54, 1.807) is 0 Å². The van der Waals surface area contributed by atoms with Gasteiger partial charge in [-0.05, 0) is 13.8 Å². The van der Waals surface area contributed by atoms with Crippen LogP contribution in [0.2, 0.25) is 0 Å². The van der Waals surface area contributed by atoms with Gasteiger partial charge < -0.3 is 5.73 Å². The molecule has 0 spiro atoms. The quantitative estimate of drug-likeness (QED) is 0.696. The fourth-order valence-electron chi connectivity index (χ4n) is 1.22. The van der Waals surface area contributed by atoms with E-state index in [0.717, 1.165) is 0 Å². The van der Waals surface area contributed by atoms with Gasteiger partial charge in [-0.25, -0.2) is 0 Å². The zero-order valence-electron chi connectivity index (χ0n) is 7.75. The smallest absolute Gasteiger partial charge is 0.0355 e. The Kier molecular flexibility index (Phi) is 4.54. The van der Waals surface area contributed by atoms with Crippen LogP contribution in [0.1, 0.15) is 13.8 Å². The molecule has 0 aromatic heterocycles. The molecule has 1 heterocycles. The Morgan fingerprint density at radius 1 is 1.50 bits per heavy atom. The van der Waals surface area contributed by atoms with Crippen LogP contribution < -0.4 is 5.73 Å². The highest BCUT2D eigenvalue weighted by molar-refractivity contribution is 8.06. The van der Waals surface area contributed by atoms with Crippen molar-refractivity contribution in [3.63, 3.8) is 0 Å². The van der Waals surface area contributed by atoms with Crippen LogP contribution in [0.15, 0.2) is 11.6 Å². The first kappa shape index (κ1) is 10.5. The van der Waals surface area contributed by atoms with E-state index in [1.807, 2.05) is 23.5 Å². The van der Waals surface area contributed by atoms with Crippen LogP contribution in [0, 0.1) is 0 Å². The zero-order valence-corrected chi connectivity index (χ0v) is 9.38. The third-order valence-corrected chi connectivity index (χ3v) is 4.70. The van der Waals surface area contributed by atoms with Crippen molar-refractivity contribution >= 4 is 23.5 Å². The molecular formula is C9H17NS2. The average Bonchev–Trinajstić information content (AvgIpc) is 2.05. The molecule has 3 heteroatoms. The van der Waals surface area contributed by atoms with E-state index in [2.05, 4.69) is 19.9 Å². The lowest BCUT2D eigenvalue weighted by molar-refractivity contribution is 0.798. The van der Waals surface area contributed by atoms with Gasteiger partial charge in [0.15, 0.2) is 0 Å². The van der Waals surface area contributed by atoms with Gasteiger partial charge in [-0.3, -0.25) is 0 Å². The number of thioether (sulfide) groups is 2. The predicted molar refractivity (Wildman–Crippen MR) is 61.0 cm³/mol. The van der Waals surface area contributed by atoms with Crippen molar-refractivity contribution in [3.8, 4) is 0 Å². The summed E-state index contributed by atoms with van der Waals surface area (Å²) >= 11 is 4.05. The lowest BCUT2D eigenvalue weighted by Gasteiger charge is -2.24. The highest BCUT2D eigenvalue weighted by Gasteiger charge is 2.19. The van der Waals surface area contributed by atoms with Crippen LogP contribution in [-0.2, 0) is 0 Å². The van der Waals surface area contributed by atoms with Crippen molar-refractivity contribution in [2.45, 2.75) is 25.1 Å². The largest absolute Gasteiger partial charge is 0.323 e. The van der Waals surface area contributed by atoms with Gasteiger partial charge in [-0.2, -0.15) is 23.5 Å². The van der Waals surface area contributed by atoms with E-state index in [1.165, 1.54) is 22.8 Å². The number of hydrogen-bond acceptors (Lipinski definition) is 3. The van der Waals surface area contributed by atoms with Crippen molar-refractivity contribution in [2.24, 2.45) is 5.73 Å². The minimum absolute atomic E-state index is 0.257. The van der Waals surface area contributed by atoms with E-state index in [9.17, 15) is 0 Å². The molecule has 0 aromatic carbocycles. The highest BCUT2D eigenvalue weighted by atomic mass is 32.2. The maximum Gasteiger partial charge on any atom is 0.0355 e. The first-order valence-corrected chi connectivity index (χ1v) is 6.50. The lowest BCUT2D eigenvalue weighted by Crippen LogP contribution is -2.34. The van der Waals surface area contributed by atoms with Gasteiger partial charge in [0, 0.05) is 28.6 Å². The Balaban J connectivity index is 2.39. The summed E-state index contributed by atoms with van der Waals surface area (Å²) in [5.74, 6) is 3.78. The van der Waals surface area contributed by atoms with Gasteiger partial charge in [-0.15, -0.1) is 0 Å². The van der Waals surface area contributed by atoms with Gasteiger partial charge in [0.1, 0.15) is 0 Å². The molecular weight excluding hydrogens is 186 g/mol. The highest BCUT2D eigenvalue weighted by Crippen LogP contribution is 2.26. The minimum atomic E-state index is 0.257. The minimum Gasteiger partial charge on any atom is -0.323 e. The predicted octanol–water partition coefficient (Wildman–Crippen LogP) is 2.13. The summed E-state index contributed by atoms with van der Waals surface area (Å²) in [5.41, 5.74) is 7.37. The summed E-state index contributed by atoms with van der Waals surface area (Å²) < 4.78 is 0. The second kappa shape index (κ2) is 5.20. The molecule has 12 heavy (non-hydrogen) atoms. The van der Waals surface area contributed by atoms with E-state index in [0.29, 0.717) is 5.25 Å². The molecule has 0 radical (unpaired) electrons. The Bertz CT molecular complexity index is 158. The van der Waals surface area contributed by atoms with E-state index in [-0.39, 0.29) is 6.04 Å². The topological polar surface area (TPSA) is 26.0 Å². The fourth-order valence-corrected chi connectivity index (χ4v) is 3.98. The SMILES string of the molecule is CC(C)=CC(N)C1CSCCS1. The maximum atomic E-state index is 6.04. The Morgan fingerprint density at radius 2 is 2.25 bits per heavy atom. The summed E-state index contributed by atoms with van der Waals surface area (Å²) in [7, 11) is 0. The molecule has 2 N–H and O–H groups in total. The van der Waals surface area contributed by atoms with Crippen LogP contribution in [0.25, 0.3) is 0 Å². The van der Waals surface area contributed by atoms with Gasteiger partial charge >= 0.3 is 0 Å². The number of rotatable bonds is 2. The van der Waals surface area contributed by atoms with Crippen molar-refractivity contribution in [1.29, 1.82) is 0 Å². The zero-order chi connectivity index (χ0) is 8.97. The second-order valence-electron chi connectivity index (χ2n) is 3.31. The summed E-state index contributed by atoms with van der Waals surface area (Å²) in [6.45, 7) is 4.22. The molecule has 2 unspecified atom stereocenters. The third-order valence-electron chi connectivity index (χ3n) is 1.80. The Labute approximate surface area is 83.5 Å². The second-order valence-corrected chi connectivity index (χ2v) is 5.80. The Morgan fingerprint density at radius 3 is 2.75 bits per heavy atom. The first-order valence-electron chi connectivity index (χ1n) is 4.30.